The van der Waals surface area contributed by atoms with Crippen LogP contribution in [-0.2, 0) is 4.79 Å². The summed E-state index contributed by atoms with van der Waals surface area (Å²) in [6, 6.07) is 11.8. The first-order valence-electron chi connectivity index (χ1n) is 6.70. The molecule has 0 aliphatic rings. The Bertz CT molecular complexity index is 668. The largest absolute Gasteiger partial charge is 0.483 e. The second kappa shape index (κ2) is 7.22. The molecule has 0 aliphatic carbocycles. The number of ether oxygens (including phenoxy) is 1. The average molecular weight is 349 g/mol. The van der Waals surface area contributed by atoms with Crippen LogP contribution >= 0.6 is 15.9 Å². The number of hydrogen-bond acceptors (Lipinski definition) is 3. The molecular weight excluding hydrogens is 332 g/mol. The third-order valence-electron chi connectivity index (χ3n) is 2.75. The normalized spacial score (nSPS) is 11.2. The van der Waals surface area contributed by atoms with Crippen molar-refractivity contribution >= 4 is 38.8 Å². The molecule has 0 atom stereocenters. The minimum Gasteiger partial charge on any atom is -0.483 e. The number of nitrogens with one attached hydrogen (secondary N) is 1. The van der Waals surface area contributed by atoms with E-state index in [1.54, 1.807) is 6.21 Å². The molecule has 0 bridgehead atoms. The minimum absolute atomic E-state index is 0.0770. The summed E-state index contributed by atoms with van der Waals surface area (Å²) in [5, 5.41) is 6.00. The van der Waals surface area contributed by atoms with Gasteiger partial charge < -0.3 is 4.74 Å². The van der Waals surface area contributed by atoms with Gasteiger partial charge in [0.25, 0.3) is 5.91 Å². The van der Waals surface area contributed by atoms with Crippen LogP contribution in [-0.4, -0.2) is 18.7 Å². The van der Waals surface area contributed by atoms with E-state index in [2.05, 4.69) is 26.5 Å². The number of benzene rings is 2. The summed E-state index contributed by atoms with van der Waals surface area (Å²) < 4.78 is 6.38. The van der Waals surface area contributed by atoms with Crippen LogP contribution in [0.1, 0.15) is 13.8 Å². The Kier molecular flexibility index (Phi) is 5.33. The fraction of sp³-hybridized carbons (Fsp3) is 0.250. The van der Waals surface area contributed by atoms with Gasteiger partial charge in [0.2, 0.25) is 0 Å². The molecule has 0 fully saturated rings. The van der Waals surface area contributed by atoms with Crippen molar-refractivity contribution in [2.45, 2.75) is 13.8 Å². The van der Waals surface area contributed by atoms with Crippen molar-refractivity contribution in [2.24, 2.45) is 11.0 Å². The van der Waals surface area contributed by atoms with Gasteiger partial charge in [-0.05, 0) is 38.7 Å². The van der Waals surface area contributed by atoms with Crippen molar-refractivity contribution in [1.29, 1.82) is 0 Å². The molecule has 2 aromatic carbocycles. The first kappa shape index (κ1) is 15.5. The maximum atomic E-state index is 11.6. The summed E-state index contributed by atoms with van der Waals surface area (Å²) >= 11 is 3.52. The molecule has 5 heteroatoms. The predicted octanol–water partition coefficient (Wildman–Crippen LogP) is 3.74. The van der Waals surface area contributed by atoms with Crippen LogP contribution in [0.4, 0.5) is 0 Å². The molecule has 0 aliphatic heterocycles. The van der Waals surface area contributed by atoms with E-state index in [1.165, 1.54) is 0 Å². The van der Waals surface area contributed by atoms with Crippen LogP contribution < -0.4 is 10.2 Å². The van der Waals surface area contributed by atoms with Crippen molar-refractivity contribution in [3.63, 3.8) is 0 Å². The average Bonchev–Trinajstić information content (AvgIpc) is 2.46. The molecule has 0 unspecified atom stereocenters. The Morgan fingerprint density at radius 2 is 2.10 bits per heavy atom. The van der Waals surface area contributed by atoms with Gasteiger partial charge in [-0.15, -0.1) is 0 Å². The van der Waals surface area contributed by atoms with E-state index in [9.17, 15) is 4.79 Å². The molecule has 1 amide bonds. The van der Waals surface area contributed by atoms with Gasteiger partial charge in [0.1, 0.15) is 5.75 Å². The highest BCUT2D eigenvalue weighted by molar-refractivity contribution is 9.10. The standard InChI is InChI=1S/C16H17BrN2O2/c1-11(2)9-18-19-15(20)10-21-14-8-7-12-5-3-4-6-13(12)16(14)17/h3-9,11H,10H2,1-2H3,(H,19,20). The van der Waals surface area contributed by atoms with E-state index in [0.29, 0.717) is 11.7 Å². The Labute approximate surface area is 132 Å². The SMILES string of the molecule is CC(C)C=NNC(=O)COc1ccc2ccccc2c1Br. The second-order valence-electron chi connectivity index (χ2n) is 4.94. The topological polar surface area (TPSA) is 50.7 Å². The monoisotopic (exact) mass is 348 g/mol. The van der Waals surface area contributed by atoms with Crippen LogP contribution in [0.3, 0.4) is 0 Å². The Balaban J connectivity index is 2.00. The third-order valence-corrected chi connectivity index (χ3v) is 3.57. The highest BCUT2D eigenvalue weighted by Gasteiger charge is 2.08. The Morgan fingerprint density at radius 1 is 1.33 bits per heavy atom. The van der Waals surface area contributed by atoms with E-state index >= 15 is 0 Å². The van der Waals surface area contributed by atoms with E-state index in [-0.39, 0.29) is 12.5 Å². The third kappa shape index (κ3) is 4.29. The molecule has 0 spiro atoms. The molecule has 0 radical (unpaired) electrons. The van der Waals surface area contributed by atoms with Gasteiger partial charge in [-0.25, -0.2) is 5.43 Å². The highest BCUT2D eigenvalue weighted by Crippen LogP contribution is 2.32. The first-order valence-corrected chi connectivity index (χ1v) is 7.49. The Hall–Kier alpha value is -1.88. The second-order valence-corrected chi connectivity index (χ2v) is 5.74. The van der Waals surface area contributed by atoms with Crippen LogP contribution in [0.5, 0.6) is 5.75 Å². The van der Waals surface area contributed by atoms with Crippen LogP contribution in [0, 0.1) is 5.92 Å². The number of halogens is 1. The van der Waals surface area contributed by atoms with Gasteiger partial charge >= 0.3 is 0 Å². The van der Waals surface area contributed by atoms with Crippen molar-refractivity contribution in [2.75, 3.05) is 6.61 Å². The van der Waals surface area contributed by atoms with Crippen molar-refractivity contribution in [3.8, 4) is 5.75 Å². The molecule has 2 aromatic rings. The molecule has 0 aromatic heterocycles. The van der Waals surface area contributed by atoms with E-state index < -0.39 is 0 Å². The zero-order chi connectivity index (χ0) is 15.2. The lowest BCUT2D eigenvalue weighted by atomic mass is 10.1. The lowest BCUT2D eigenvalue weighted by molar-refractivity contribution is -0.123. The fourth-order valence-electron chi connectivity index (χ4n) is 1.76. The molecule has 0 saturated carbocycles. The van der Waals surface area contributed by atoms with Crippen molar-refractivity contribution in [1.82, 2.24) is 5.43 Å². The minimum atomic E-state index is -0.285. The van der Waals surface area contributed by atoms with Crippen LogP contribution in [0.15, 0.2) is 46.0 Å². The fourth-order valence-corrected chi connectivity index (χ4v) is 2.37. The number of carbonyl (C=O) groups excluding carboxylic acids is 1. The number of fused-ring (bicyclic) bond motifs is 1. The highest BCUT2D eigenvalue weighted by atomic mass is 79.9. The molecule has 0 heterocycles. The van der Waals surface area contributed by atoms with Gasteiger partial charge in [0, 0.05) is 6.21 Å². The predicted molar refractivity (Wildman–Crippen MR) is 88.6 cm³/mol. The summed E-state index contributed by atoms with van der Waals surface area (Å²) in [6.45, 7) is 3.89. The quantitative estimate of drug-likeness (QED) is 0.660. The van der Waals surface area contributed by atoms with Crippen LogP contribution in [0.2, 0.25) is 0 Å². The summed E-state index contributed by atoms with van der Waals surface area (Å²) in [4.78, 5) is 11.6. The molecule has 4 nitrogen and oxygen atoms in total. The number of carbonyl (C=O) groups is 1. The summed E-state index contributed by atoms with van der Waals surface area (Å²) in [7, 11) is 0. The van der Waals surface area contributed by atoms with Gasteiger partial charge in [-0.2, -0.15) is 5.10 Å². The molecule has 2 rings (SSSR count). The smallest absolute Gasteiger partial charge is 0.277 e. The summed E-state index contributed by atoms with van der Waals surface area (Å²) in [5.74, 6) is 0.643. The molecule has 110 valence electrons. The maximum absolute atomic E-state index is 11.6. The van der Waals surface area contributed by atoms with Crippen LogP contribution in [0.25, 0.3) is 10.8 Å². The van der Waals surface area contributed by atoms with Gasteiger partial charge in [0.15, 0.2) is 6.61 Å². The summed E-state index contributed by atoms with van der Waals surface area (Å²) in [5.41, 5.74) is 2.43. The van der Waals surface area contributed by atoms with E-state index in [4.69, 9.17) is 4.74 Å². The maximum Gasteiger partial charge on any atom is 0.277 e. The number of rotatable bonds is 5. The van der Waals surface area contributed by atoms with E-state index in [1.807, 2.05) is 50.2 Å². The van der Waals surface area contributed by atoms with Gasteiger partial charge in [-0.3, -0.25) is 4.79 Å². The molecule has 1 N–H and O–H groups in total. The van der Waals surface area contributed by atoms with Crippen molar-refractivity contribution < 1.29 is 9.53 Å². The first-order chi connectivity index (χ1) is 10.1. The number of amides is 1. The number of hydrazone groups is 1. The lowest BCUT2D eigenvalue weighted by Gasteiger charge is -2.09. The van der Waals surface area contributed by atoms with E-state index in [0.717, 1.165) is 15.2 Å². The zero-order valence-corrected chi connectivity index (χ0v) is 13.6. The lowest BCUT2D eigenvalue weighted by Crippen LogP contribution is -2.24. The van der Waals surface area contributed by atoms with Gasteiger partial charge in [-0.1, -0.05) is 44.2 Å². The summed E-state index contributed by atoms with van der Waals surface area (Å²) in [6.07, 6.45) is 1.67. The number of hydrogen-bond donors (Lipinski definition) is 1. The molecule has 0 saturated heterocycles. The zero-order valence-electron chi connectivity index (χ0n) is 12.0. The van der Waals surface area contributed by atoms with Crippen molar-refractivity contribution in [3.05, 3.63) is 40.9 Å². The van der Waals surface area contributed by atoms with Gasteiger partial charge in [0.05, 0.1) is 4.47 Å². The molecular formula is C16H17BrN2O2. The number of nitrogens with zero attached hydrogens (tertiary/aromatic N) is 1. The Morgan fingerprint density at radius 3 is 2.86 bits per heavy atom. The molecule has 21 heavy (non-hydrogen) atoms.